The minimum atomic E-state index is -0.651. The van der Waals surface area contributed by atoms with E-state index in [0.717, 1.165) is 6.07 Å². The third-order valence-electron chi connectivity index (χ3n) is 2.65. The second-order valence-corrected chi connectivity index (χ2v) is 4.06. The van der Waals surface area contributed by atoms with E-state index >= 15 is 0 Å². The molecule has 0 saturated carbocycles. The van der Waals surface area contributed by atoms with Gasteiger partial charge >= 0.3 is 0 Å². The summed E-state index contributed by atoms with van der Waals surface area (Å²) in [6, 6.07) is 9.82. The fourth-order valence-electron chi connectivity index (χ4n) is 1.64. The molecule has 20 heavy (non-hydrogen) atoms. The van der Waals surface area contributed by atoms with E-state index in [1.54, 1.807) is 13.0 Å². The number of aryl methyl sites for hydroxylation is 1. The number of halogens is 1. The summed E-state index contributed by atoms with van der Waals surface area (Å²) in [5, 5.41) is 19.6. The molecule has 0 radical (unpaired) electrons. The minimum Gasteiger partial charge on any atom is -0.457 e. The summed E-state index contributed by atoms with van der Waals surface area (Å²) in [6.45, 7) is 1.59. The van der Waals surface area contributed by atoms with Crippen molar-refractivity contribution < 1.29 is 14.1 Å². The summed E-state index contributed by atoms with van der Waals surface area (Å²) in [4.78, 5) is 10.2. The van der Waals surface area contributed by atoms with Gasteiger partial charge in [-0.2, -0.15) is 5.26 Å². The van der Waals surface area contributed by atoms with Gasteiger partial charge in [-0.3, -0.25) is 10.1 Å². The molecule has 0 aliphatic rings. The normalized spacial score (nSPS) is 9.85. The van der Waals surface area contributed by atoms with Crippen molar-refractivity contribution in [1.82, 2.24) is 0 Å². The molecule has 6 heteroatoms. The van der Waals surface area contributed by atoms with Crippen LogP contribution < -0.4 is 4.74 Å². The van der Waals surface area contributed by atoms with E-state index in [2.05, 4.69) is 0 Å². The van der Waals surface area contributed by atoms with Gasteiger partial charge in [0.1, 0.15) is 28.9 Å². The van der Waals surface area contributed by atoms with Crippen LogP contribution in [0.15, 0.2) is 36.4 Å². The Kier molecular flexibility index (Phi) is 3.62. The van der Waals surface area contributed by atoms with Gasteiger partial charge in [0.05, 0.1) is 11.0 Å². The predicted molar refractivity (Wildman–Crippen MR) is 69.0 cm³/mol. The lowest BCUT2D eigenvalue weighted by atomic mass is 10.2. The Morgan fingerprint density at radius 3 is 2.50 bits per heavy atom. The van der Waals surface area contributed by atoms with Crippen LogP contribution in [0.4, 0.5) is 10.1 Å². The zero-order valence-corrected chi connectivity index (χ0v) is 10.5. The van der Waals surface area contributed by atoms with Crippen LogP contribution >= 0.6 is 0 Å². The topological polar surface area (TPSA) is 76.2 Å². The fourth-order valence-corrected chi connectivity index (χ4v) is 1.64. The molecule has 0 aliphatic carbocycles. The van der Waals surface area contributed by atoms with Crippen LogP contribution in [0.5, 0.6) is 11.5 Å². The highest BCUT2D eigenvalue weighted by Gasteiger charge is 2.15. The number of benzene rings is 2. The molecule has 2 rings (SSSR count). The molecule has 100 valence electrons. The molecule has 0 amide bonds. The van der Waals surface area contributed by atoms with Gasteiger partial charge in [-0.05, 0) is 42.8 Å². The molecule has 0 N–H and O–H groups in total. The first kappa shape index (κ1) is 13.5. The summed E-state index contributed by atoms with van der Waals surface area (Å²) in [5.41, 5.74) is 0.0344. The van der Waals surface area contributed by atoms with Crippen molar-refractivity contribution in [2.75, 3.05) is 0 Å². The van der Waals surface area contributed by atoms with Crippen LogP contribution in [0, 0.1) is 34.2 Å². The van der Waals surface area contributed by atoms with Crippen molar-refractivity contribution in [2.45, 2.75) is 6.92 Å². The SMILES string of the molecule is Cc1cc(Oc2ccc(C#N)c([N+](=O)[O-])c2)ccc1F. The molecule has 2 aromatic rings. The second kappa shape index (κ2) is 5.36. The first-order valence-corrected chi connectivity index (χ1v) is 5.64. The van der Waals surface area contributed by atoms with Gasteiger partial charge in [-0.15, -0.1) is 0 Å². The number of ether oxygens (including phenoxy) is 1. The predicted octanol–water partition coefficient (Wildman–Crippen LogP) is 3.71. The van der Waals surface area contributed by atoms with Crippen LogP contribution in [-0.2, 0) is 0 Å². The van der Waals surface area contributed by atoms with E-state index in [0.29, 0.717) is 11.3 Å². The van der Waals surface area contributed by atoms with Gasteiger partial charge in [0.2, 0.25) is 0 Å². The number of hydrogen-bond acceptors (Lipinski definition) is 4. The molecular formula is C14H9FN2O3. The number of nitro groups is 1. The minimum absolute atomic E-state index is 0.0439. The molecular weight excluding hydrogens is 263 g/mol. The van der Waals surface area contributed by atoms with Crippen molar-refractivity contribution in [3.8, 4) is 17.6 Å². The number of nitriles is 1. The lowest BCUT2D eigenvalue weighted by Gasteiger charge is -2.07. The molecule has 0 saturated heterocycles. The van der Waals surface area contributed by atoms with Crippen molar-refractivity contribution in [3.05, 3.63) is 63.5 Å². The van der Waals surface area contributed by atoms with E-state index in [4.69, 9.17) is 10.00 Å². The van der Waals surface area contributed by atoms with E-state index in [9.17, 15) is 14.5 Å². The summed E-state index contributed by atoms with van der Waals surface area (Å²) < 4.78 is 18.5. The van der Waals surface area contributed by atoms with Crippen LogP contribution in [0.2, 0.25) is 0 Å². The highest BCUT2D eigenvalue weighted by Crippen LogP contribution is 2.28. The lowest BCUT2D eigenvalue weighted by molar-refractivity contribution is -0.385. The van der Waals surface area contributed by atoms with Crippen LogP contribution in [0.3, 0.4) is 0 Å². The number of nitrogens with zero attached hydrogens (tertiary/aromatic N) is 2. The highest BCUT2D eigenvalue weighted by atomic mass is 19.1. The molecule has 0 heterocycles. The van der Waals surface area contributed by atoms with Crippen molar-refractivity contribution in [3.63, 3.8) is 0 Å². The third kappa shape index (κ3) is 2.72. The summed E-state index contributed by atoms with van der Waals surface area (Å²) in [7, 11) is 0. The molecule has 5 nitrogen and oxygen atoms in total. The van der Waals surface area contributed by atoms with E-state index < -0.39 is 4.92 Å². The summed E-state index contributed by atoms with van der Waals surface area (Å²) in [6.07, 6.45) is 0. The maximum Gasteiger partial charge on any atom is 0.290 e. The second-order valence-electron chi connectivity index (χ2n) is 4.06. The Hall–Kier alpha value is -2.94. The average Bonchev–Trinajstić information content (AvgIpc) is 2.43. The van der Waals surface area contributed by atoms with Crippen molar-refractivity contribution >= 4 is 5.69 Å². The molecule has 2 aromatic carbocycles. The Morgan fingerprint density at radius 2 is 1.90 bits per heavy atom. The van der Waals surface area contributed by atoms with E-state index in [-0.39, 0.29) is 22.8 Å². The van der Waals surface area contributed by atoms with Gasteiger partial charge in [0.25, 0.3) is 5.69 Å². The molecule has 0 aliphatic heterocycles. The van der Waals surface area contributed by atoms with Crippen LogP contribution in [-0.4, -0.2) is 4.92 Å². The molecule has 0 aromatic heterocycles. The Morgan fingerprint density at radius 1 is 1.25 bits per heavy atom. The first-order valence-electron chi connectivity index (χ1n) is 5.64. The third-order valence-corrected chi connectivity index (χ3v) is 2.65. The van der Waals surface area contributed by atoms with Gasteiger partial charge < -0.3 is 4.74 Å². The maximum absolute atomic E-state index is 13.1. The standard InChI is InChI=1S/C14H9FN2O3/c1-9-6-11(4-5-13(9)15)20-12-3-2-10(8-16)14(7-12)17(18)19/h2-7H,1H3. The Bertz CT molecular complexity index is 723. The monoisotopic (exact) mass is 272 g/mol. The summed E-state index contributed by atoms with van der Waals surface area (Å²) in [5.74, 6) is 0.216. The summed E-state index contributed by atoms with van der Waals surface area (Å²) >= 11 is 0. The lowest BCUT2D eigenvalue weighted by Crippen LogP contribution is -1.94. The van der Waals surface area contributed by atoms with Gasteiger partial charge in [-0.25, -0.2) is 4.39 Å². The molecule has 0 unspecified atom stereocenters. The smallest absolute Gasteiger partial charge is 0.290 e. The quantitative estimate of drug-likeness (QED) is 0.630. The number of rotatable bonds is 3. The van der Waals surface area contributed by atoms with Crippen molar-refractivity contribution in [1.29, 1.82) is 5.26 Å². The van der Waals surface area contributed by atoms with Crippen LogP contribution in [0.1, 0.15) is 11.1 Å². The van der Waals surface area contributed by atoms with Gasteiger partial charge in [0.15, 0.2) is 0 Å². The van der Waals surface area contributed by atoms with E-state index in [1.807, 2.05) is 0 Å². The Labute approximate surface area is 114 Å². The number of hydrogen-bond donors (Lipinski definition) is 0. The first-order chi connectivity index (χ1) is 9.51. The van der Waals surface area contributed by atoms with E-state index in [1.165, 1.54) is 30.3 Å². The van der Waals surface area contributed by atoms with Gasteiger partial charge in [0, 0.05) is 0 Å². The number of nitro benzene ring substituents is 1. The van der Waals surface area contributed by atoms with Crippen LogP contribution in [0.25, 0.3) is 0 Å². The maximum atomic E-state index is 13.1. The average molecular weight is 272 g/mol. The largest absolute Gasteiger partial charge is 0.457 e. The molecule has 0 fully saturated rings. The molecule has 0 atom stereocenters. The zero-order chi connectivity index (χ0) is 14.7. The molecule has 0 spiro atoms. The highest BCUT2D eigenvalue weighted by molar-refractivity contribution is 5.53. The Balaban J connectivity index is 2.34. The fraction of sp³-hybridized carbons (Fsp3) is 0.0714. The molecule has 0 bridgehead atoms. The van der Waals surface area contributed by atoms with Gasteiger partial charge in [-0.1, -0.05) is 0 Å². The zero-order valence-electron chi connectivity index (χ0n) is 10.5. The van der Waals surface area contributed by atoms with Crippen molar-refractivity contribution in [2.24, 2.45) is 0 Å².